The van der Waals surface area contributed by atoms with E-state index < -0.39 is 17.7 Å². The number of alkyl halides is 3. The van der Waals surface area contributed by atoms with Gasteiger partial charge in [-0.2, -0.15) is 13.2 Å². The van der Waals surface area contributed by atoms with E-state index in [4.69, 9.17) is 9.72 Å². The second-order valence-corrected chi connectivity index (χ2v) is 13.0. The molecule has 3 aromatic rings. The number of halogens is 3. The van der Waals surface area contributed by atoms with Gasteiger partial charge in [0, 0.05) is 48.3 Å². The second kappa shape index (κ2) is 13.2. The summed E-state index contributed by atoms with van der Waals surface area (Å²) in [6.07, 6.45) is 3.12. The molecule has 45 heavy (non-hydrogen) atoms. The van der Waals surface area contributed by atoms with Crippen LogP contribution in [0.3, 0.4) is 0 Å². The summed E-state index contributed by atoms with van der Waals surface area (Å²) in [5.41, 5.74) is 1.51. The number of carboxylic acids is 1. The number of hydrogen-bond acceptors (Lipinski definition) is 6. The predicted octanol–water partition coefficient (Wildman–Crippen LogP) is 7.46. The van der Waals surface area contributed by atoms with Crippen molar-refractivity contribution >= 4 is 22.6 Å². The van der Waals surface area contributed by atoms with Crippen LogP contribution >= 0.6 is 0 Å². The molecule has 0 spiro atoms. The molecule has 6 rings (SSSR count). The zero-order valence-corrected chi connectivity index (χ0v) is 26.2. The van der Waals surface area contributed by atoms with Crippen molar-refractivity contribution in [3.63, 3.8) is 0 Å². The Hall–Kier alpha value is -3.37. The molecule has 7 nitrogen and oxygen atoms in total. The molecule has 1 aromatic heterocycles. The van der Waals surface area contributed by atoms with Gasteiger partial charge in [0.1, 0.15) is 5.75 Å². The van der Waals surface area contributed by atoms with Gasteiger partial charge in [-0.05, 0) is 96.8 Å². The number of benzene rings is 2. The number of aromatic nitrogens is 1. The fourth-order valence-electron chi connectivity index (χ4n) is 7.30. The molecule has 3 fully saturated rings. The van der Waals surface area contributed by atoms with Gasteiger partial charge in [0.15, 0.2) is 0 Å². The fourth-order valence-corrected chi connectivity index (χ4v) is 7.30. The molecule has 4 heterocycles. The summed E-state index contributed by atoms with van der Waals surface area (Å²) in [7, 11) is 0. The van der Waals surface area contributed by atoms with E-state index in [1.807, 2.05) is 19.9 Å². The van der Waals surface area contributed by atoms with Crippen LogP contribution in [0.2, 0.25) is 0 Å². The molecule has 0 saturated carbocycles. The molecule has 0 unspecified atom stereocenters. The Bertz CT molecular complexity index is 1520. The van der Waals surface area contributed by atoms with Crippen molar-refractivity contribution in [1.29, 1.82) is 0 Å². The summed E-state index contributed by atoms with van der Waals surface area (Å²) in [6.45, 7) is 9.69. The van der Waals surface area contributed by atoms with Gasteiger partial charge >= 0.3 is 12.1 Å². The largest absolute Gasteiger partial charge is 0.489 e. The quantitative estimate of drug-likeness (QED) is 0.279. The lowest BCUT2D eigenvalue weighted by atomic mass is 9.93. The number of pyridine rings is 1. The number of carbonyl (C=O) groups is 1. The van der Waals surface area contributed by atoms with Crippen molar-refractivity contribution < 1.29 is 27.8 Å². The minimum absolute atomic E-state index is 0.0992. The number of likely N-dealkylation sites (tertiary alicyclic amines) is 2. The molecule has 3 aliphatic rings. The summed E-state index contributed by atoms with van der Waals surface area (Å²) in [5, 5.41) is 11.2. The average molecular weight is 625 g/mol. The first kappa shape index (κ1) is 31.6. The molecular weight excluding hydrogens is 581 g/mol. The van der Waals surface area contributed by atoms with Crippen LogP contribution in [0, 0.1) is 0 Å². The normalized spacial score (nSPS) is 19.1. The van der Waals surface area contributed by atoms with E-state index in [9.17, 15) is 23.1 Å². The Kier molecular flexibility index (Phi) is 9.24. The van der Waals surface area contributed by atoms with Crippen LogP contribution in [0.25, 0.3) is 22.2 Å². The number of nitrogens with zero attached hydrogens (tertiary/aromatic N) is 4. The second-order valence-electron chi connectivity index (χ2n) is 13.0. The molecule has 1 N–H and O–H groups in total. The predicted molar refractivity (Wildman–Crippen MR) is 170 cm³/mol. The van der Waals surface area contributed by atoms with Crippen LogP contribution in [0.15, 0.2) is 36.4 Å². The molecule has 3 aliphatic heterocycles. The standard InChI is InChI=1S/C35H43F3N4O3/c1-23(2)45-31-21-29-27(20-30(31)42-15-6-7-16-42)32(34(43)44)28(33(39-29)24-9-8-10-25(19-24)35(36,37)38)22-40-17-11-26(12-18-40)41-13-4-3-5-14-41/h8-10,19-21,23,26H,3-7,11-18,22H2,1-2H3,(H,43,44). The van der Waals surface area contributed by atoms with Gasteiger partial charge in [-0.3, -0.25) is 4.90 Å². The molecule has 0 bridgehead atoms. The van der Waals surface area contributed by atoms with E-state index in [0.717, 1.165) is 82.8 Å². The lowest BCUT2D eigenvalue weighted by Crippen LogP contribution is -2.46. The van der Waals surface area contributed by atoms with Crippen molar-refractivity contribution in [2.45, 2.75) is 83.7 Å². The van der Waals surface area contributed by atoms with Crippen molar-refractivity contribution in [3.8, 4) is 17.0 Å². The van der Waals surface area contributed by atoms with Gasteiger partial charge in [0.2, 0.25) is 0 Å². The number of hydrogen-bond donors (Lipinski definition) is 1. The maximum absolute atomic E-state index is 13.8. The fraction of sp³-hybridized carbons (Fsp3) is 0.543. The van der Waals surface area contributed by atoms with Crippen LogP contribution < -0.4 is 9.64 Å². The Balaban J connectivity index is 1.47. The van der Waals surface area contributed by atoms with Gasteiger partial charge in [0.25, 0.3) is 0 Å². The van der Waals surface area contributed by atoms with E-state index in [1.54, 1.807) is 12.1 Å². The van der Waals surface area contributed by atoms with E-state index in [2.05, 4.69) is 14.7 Å². The van der Waals surface area contributed by atoms with Gasteiger partial charge in [-0.25, -0.2) is 9.78 Å². The molecule has 0 radical (unpaired) electrons. The number of piperidine rings is 2. The van der Waals surface area contributed by atoms with Crippen LogP contribution in [0.5, 0.6) is 5.75 Å². The van der Waals surface area contributed by atoms with Gasteiger partial charge in [-0.15, -0.1) is 0 Å². The highest BCUT2D eigenvalue weighted by molar-refractivity contribution is 6.07. The Labute approximate surface area is 263 Å². The summed E-state index contributed by atoms with van der Waals surface area (Å²) >= 11 is 0. The first-order valence-electron chi connectivity index (χ1n) is 16.4. The lowest BCUT2D eigenvalue weighted by molar-refractivity contribution is -0.137. The molecule has 0 atom stereocenters. The topological polar surface area (TPSA) is 69.1 Å². The third-order valence-electron chi connectivity index (χ3n) is 9.50. The van der Waals surface area contributed by atoms with Gasteiger partial charge in [0.05, 0.1) is 34.1 Å². The van der Waals surface area contributed by atoms with E-state index in [1.165, 1.54) is 25.3 Å². The monoisotopic (exact) mass is 624 g/mol. The van der Waals surface area contributed by atoms with Crippen LogP contribution in [-0.4, -0.2) is 77.3 Å². The highest BCUT2D eigenvalue weighted by atomic mass is 19.4. The number of ether oxygens (including phenoxy) is 1. The summed E-state index contributed by atoms with van der Waals surface area (Å²) in [4.78, 5) is 25.1. The van der Waals surface area contributed by atoms with Crippen LogP contribution in [-0.2, 0) is 12.7 Å². The maximum Gasteiger partial charge on any atom is 0.416 e. The summed E-state index contributed by atoms with van der Waals surface area (Å²) in [6, 6.07) is 9.21. The third-order valence-corrected chi connectivity index (χ3v) is 9.50. The van der Waals surface area contributed by atoms with Crippen molar-refractivity contribution in [2.24, 2.45) is 0 Å². The Morgan fingerprint density at radius 1 is 0.978 bits per heavy atom. The third kappa shape index (κ3) is 6.92. The molecule has 3 saturated heterocycles. The summed E-state index contributed by atoms with van der Waals surface area (Å²) < 4.78 is 47.7. The minimum Gasteiger partial charge on any atom is -0.489 e. The molecular formula is C35H43F3N4O3. The number of anilines is 1. The highest BCUT2D eigenvalue weighted by Gasteiger charge is 2.33. The number of rotatable bonds is 8. The number of aromatic carboxylic acids is 1. The zero-order valence-electron chi connectivity index (χ0n) is 26.2. The van der Waals surface area contributed by atoms with E-state index >= 15 is 0 Å². The maximum atomic E-state index is 13.8. The average Bonchev–Trinajstić information content (AvgIpc) is 3.55. The van der Waals surface area contributed by atoms with Crippen LogP contribution in [0.1, 0.15) is 80.3 Å². The van der Waals surface area contributed by atoms with Crippen molar-refractivity contribution in [2.75, 3.05) is 44.2 Å². The Morgan fingerprint density at radius 3 is 2.31 bits per heavy atom. The minimum atomic E-state index is -4.54. The SMILES string of the molecule is CC(C)Oc1cc2nc(-c3cccc(C(F)(F)F)c3)c(CN3CCC(N4CCCCC4)CC3)c(C(=O)O)c2cc1N1CCCC1. The smallest absolute Gasteiger partial charge is 0.416 e. The van der Waals surface area contributed by atoms with Crippen molar-refractivity contribution in [1.82, 2.24) is 14.8 Å². The number of fused-ring (bicyclic) bond motifs is 1. The molecule has 0 aliphatic carbocycles. The lowest BCUT2D eigenvalue weighted by Gasteiger charge is -2.40. The summed E-state index contributed by atoms with van der Waals surface area (Å²) in [5.74, 6) is -0.510. The highest BCUT2D eigenvalue weighted by Crippen LogP contribution is 2.41. The molecule has 0 amide bonds. The van der Waals surface area contributed by atoms with Gasteiger partial charge < -0.3 is 19.6 Å². The first-order valence-corrected chi connectivity index (χ1v) is 16.4. The van der Waals surface area contributed by atoms with Gasteiger partial charge in [-0.1, -0.05) is 18.6 Å². The molecule has 242 valence electrons. The van der Waals surface area contributed by atoms with Crippen molar-refractivity contribution in [3.05, 3.63) is 53.1 Å². The van der Waals surface area contributed by atoms with E-state index in [0.29, 0.717) is 34.8 Å². The van der Waals surface area contributed by atoms with Crippen LogP contribution in [0.4, 0.5) is 18.9 Å². The number of carboxylic acid groups (broad SMARTS) is 1. The molecule has 2 aromatic carbocycles. The van der Waals surface area contributed by atoms with E-state index in [-0.39, 0.29) is 22.9 Å². The first-order chi connectivity index (χ1) is 21.6. The zero-order chi connectivity index (χ0) is 31.7. The molecule has 10 heteroatoms. The Morgan fingerprint density at radius 2 is 1.67 bits per heavy atom.